The molecule has 0 aliphatic carbocycles. The molecule has 3 heterocycles. The first kappa shape index (κ1) is 20.2. The van der Waals surface area contributed by atoms with Gasteiger partial charge in [0, 0.05) is 50.3 Å². The average Bonchev–Trinajstić information content (AvgIpc) is 3.34. The van der Waals surface area contributed by atoms with Crippen molar-refractivity contribution in [2.24, 2.45) is 7.05 Å². The molecule has 2 aromatic heterocycles. The second-order valence-electron chi connectivity index (χ2n) is 7.42. The van der Waals surface area contributed by atoms with Crippen molar-refractivity contribution < 1.29 is 9.59 Å². The zero-order valence-corrected chi connectivity index (χ0v) is 17.6. The van der Waals surface area contributed by atoms with Gasteiger partial charge < -0.3 is 9.88 Å². The van der Waals surface area contributed by atoms with Crippen LogP contribution in [0.1, 0.15) is 24.8 Å². The Morgan fingerprint density at radius 3 is 2.87 bits per heavy atom. The summed E-state index contributed by atoms with van der Waals surface area (Å²) in [6.07, 6.45) is 3.32. The van der Waals surface area contributed by atoms with Gasteiger partial charge in [0.25, 0.3) is 0 Å². The van der Waals surface area contributed by atoms with E-state index < -0.39 is 0 Å². The van der Waals surface area contributed by atoms with Gasteiger partial charge in [0.15, 0.2) is 0 Å². The molecule has 2 amide bonds. The summed E-state index contributed by atoms with van der Waals surface area (Å²) in [5.41, 5.74) is 2.81. The normalized spacial score (nSPS) is 13.4. The fourth-order valence-corrected chi connectivity index (χ4v) is 3.89. The van der Waals surface area contributed by atoms with Crippen LogP contribution < -0.4 is 10.2 Å². The summed E-state index contributed by atoms with van der Waals surface area (Å²) < 4.78 is 3.88. The third-order valence-electron chi connectivity index (χ3n) is 5.24. The van der Waals surface area contributed by atoms with E-state index in [-0.39, 0.29) is 11.8 Å². The number of nitrogens with one attached hydrogen (secondary N) is 1. The highest BCUT2D eigenvalue weighted by molar-refractivity contribution is 6.30. The van der Waals surface area contributed by atoms with Crippen LogP contribution in [0.4, 0.5) is 5.82 Å². The molecule has 0 saturated heterocycles. The van der Waals surface area contributed by atoms with Crippen LogP contribution in [0.2, 0.25) is 5.02 Å². The average molecular weight is 426 g/mol. The van der Waals surface area contributed by atoms with Gasteiger partial charge in [-0.25, -0.2) is 4.68 Å². The lowest BCUT2D eigenvalue weighted by Crippen LogP contribution is -2.38. The van der Waals surface area contributed by atoms with Crippen LogP contribution in [0.15, 0.2) is 48.7 Å². The molecule has 4 rings (SSSR count). The van der Waals surface area contributed by atoms with Crippen LogP contribution in [0, 0.1) is 0 Å². The van der Waals surface area contributed by atoms with Gasteiger partial charge in [-0.3, -0.25) is 14.5 Å². The molecule has 1 N–H and O–H groups in total. The maximum Gasteiger partial charge on any atom is 0.229 e. The van der Waals surface area contributed by atoms with E-state index in [1.165, 1.54) is 0 Å². The van der Waals surface area contributed by atoms with E-state index in [4.69, 9.17) is 11.6 Å². The first-order chi connectivity index (χ1) is 14.5. The number of carbonyl (C=O) groups is 2. The van der Waals surface area contributed by atoms with Crippen molar-refractivity contribution in [3.63, 3.8) is 0 Å². The quantitative estimate of drug-likeness (QED) is 0.630. The van der Waals surface area contributed by atoms with E-state index in [1.54, 1.807) is 11.0 Å². The van der Waals surface area contributed by atoms with Crippen LogP contribution in [-0.2, 0) is 29.7 Å². The van der Waals surface area contributed by atoms with E-state index in [2.05, 4.69) is 10.4 Å². The molecule has 0 saturated carbocycles. The number of aryl methyl sites for hydroxylation is 2. The van der Waals surface area contributed by atoms with Crippen LogP contribution in [0.5, 0.6) is 0 Å². The highest BCUT2D eigenvalue weighted by atomic mass is 35.5. The van der Waals surface area contributed by atoms with Crippen LogP contribution >= 0.6 is 11.6 Å². The molecule has 7 nitrogen and oxygen atoms in total. The topological polar surface area (TPSA) is 72.2 Å². The molecule has 0 fully saturated rings. The number of nitrogens with zero attached hydrogens (tertiary/aromatic N) is 4. The molecule has 156 valence electrons. The van der Waals surface area contributed by atoms with Gasteiger partial charge in [-0.15, -0.1) is 0 Å². The van der Waals surface area contributed by atoms with Gasteiger partial charge in [0.2, 0.25) is 11.8 Å². The molecule has 8 heteroatoms. The number of benzene rings is 1. The minimum Gasteiger partial charge on any atom is -0.352 e. The third kappa shape index (κ3) is 4.41. The van der Waals surface area contributed by atoms with E-state index in [0.717, 1.165) is 22.8 Å². The van der Waals surface area contributed by atoms with Crippen molar-refractivity contribution >= 4 is 29.2 Å². The zero-order valence-electron chi connectivity index (χ0n) is 16.8. The minimum absolute atomic E-state index is 0.0440. The Labute approximate surface area is 180 Å². The minimum atomic E-state index is -0.0440. The standard InChI is InChI=1S/C22H24ClN5O2/c1-26-10-3-7-19(26)18-14-21-27(22(30)9-12-28(21)25-18)11-4-8-20(29)24-15-16-5-2-6-17(23)13-16/h2-3,5-7,10,13-14H,4,8-9,11-12,15H2,1H3,(H,24,29). The van der Waals surface area contributed by atoms with Crippen molar-refractivity contribution in [3.8, 4) is 11.4 Å². The second-order valence-corrected chi connectivity index (χ2v) is 7.86. The van der Waals surface area contributed by atoms with Crippen LogP contribution in [0.3, 0.4) is 0 Å². The maximum absolute atomic E-state index is 12.5. The number of hydrogen-bond acceptors (Lipinski definition) is 3. The molecule has 0 atom stereocenters. The van der Waals surface area contributed by atoms with Gasteiger partial charge in [0.05, 0.1) is 12.2 Å². The molecule has 3 aromatic rings. The lowest BCUT2D eigenvalue weighted by atomic mass is 10.2. The lowest BCUT2D eigenvalue weighted by Gasteiger charge is -2.27. The van der Waals surface area contributed by atoms with Crippen LogP contribution in [-0.4, -0.2) is 32.7 Å². The van der Waals surface area contributed by atoms with Crippen molar-refractivity contribution in [1.82, 2.24) is 19.7 Å². The lowest BCUT2D eigenvalue weighted by molar-refractivity contribution is -0.122. The Kier molecular flexibility index (Phi) is 5.90. The van der Waals surface area contributed by atoms with E-state index in [1.807, 2.05) is 58.9 Å². The number of carbonyl (C=O) groups excluding carboxylic acids is 2. The van der Waals surface area contributed by atoms with E-state index in [0.29, 0.717) is 43.9 Å². The first-order valence-corrected chi connectivity index (χ1v) is 10.4. The summed E-state index contributed by atoms with van der Waals surface area (Å²) in [5, 5.41) is 8.22. The Bertz CT molecular complexity index is 1070. The van der Waals surface area contributed by atoms with Crippen molar-refractivity contribution in [3.05, 3.63) is 59.2 Å². The molecule has 1 aliphatic rings. The fourth-order valence-electron chi connectivity index (χ4n) is 3.68. The monoisotopic (exact) mass is 425 g/mol. The van der Waals surface area contributed by atoms with Crippen LogP contribution in [0.25, 0.3) is 11.4 Å². The summed E-state index contributed by atoms with van der Waals surface area (Å²) >= 11 is 5.97. The summed E-state index contributed by atoms with van der Waals surface area (Å²) in [6, 6.07) is 13.3. The SMILES string of the molecule is Cn1cccc1-c1cc2n(n1)CCC(=O)N2CCCC(=O)NCc1cccc(Cl)c1. The molecular formula is C22H24ClN5O2. The maximum atomic E-state index is 12.5. The number of aromatic nitrogens is 3. The molecule has 1 aliphatic heterocycles. The van der Waals surface area contributed by atoms with Gasteiger partial charge in [-0.05, 0) is 36.2 Å². The summed E-state index contributed by atoms with van der Waals surface area (Å²) in [6.45, 7) is 1.51. The first-order valence-electron chi connectivity index (χ1n) is 10.0. The molecular weight excluding hydrogens is 402 g/mol. The van der Waals surface area contributed by atoms with Gasteiger partial charge in [-0.1, -0.05) is 23.7 Å². The number of hydrogen-bond donors (Lipinski definition) is 1. The number of rotatable bonds is 7. The Morgan fingerprint density at radius 2 is 2.10 bits per heavy atom. The highest BCUT2D eigenvalue weighted by Crippen LogP contribution is 2.28. The molecule has 0 unspecified atom stereocenters. The van der Waals surface area contributed by atoms with Gasteiger partial charge in [-0.2, -0.15) is 5.10 Å². The number of amides is 2. The van der Waals surface area contributed by atoms with E-state index in [9.17, 15) is 9.59 Å². The zero-order chi connectivity index (χ0) is 21.1. The van der Waals surface area contributed by atoms with E-state index >= 15 is 0 Å². The number of anilines is 1. The predicted molar refractivity (Wildman–Crippen MR) is 116 cm³/mol. The summed E-state index contributed by atoms with van der Waals surface area (Å²) in [7, 11) is 1.97. The van der Waals surface area contributed by atoms with Crippen molar-refractivity contribution in [2.45, 2.75) is 32.4 Å². The Morgan fingerprint density at radius 1 is 1.23 bits per heavy atom. The predicted octanol–water partition coefficient (Wildman–Crippen LogP) is 3.38. The fraction of sp³-hybridized carbons (Fsp3) is 0.318. The second kappa shape index (κ2) is 8.75. The molecule has 0 spiro atoms. The highest BCUT2D eigenvalue weighted by Gasteiger charge is 2.26. The Hall–Kier alpha value is -3.06. The largest absolute Gasteiger partial charge is 0.352 e. The molecule has 0 radical (unpaired) electrons. The third-order valence-corrected chi connectivity index (χ3v) is 5.48. The Balaban J connectivity index is 1.35. The summed E-state index contributed by atoms with van der Waals surface area (Å²) in [4.78, 5) is 26.4. The molecule has 30 heavy (non-hydrogen) atoms. The summed E-state index contributed by atoms with van der Waals surface area (Å²) in [5.74, 6) is 0.819. The number of fused-ring (bicyclic) bond motifs is 1. The molecule has 1 aromatic carbocycles. The number of halogens is 1. The van der Waals surface area contributed by atoms with Crippen molar-refractivity contribution in [1.29, 1.82) is 0 Å². The molecule has 0 bridgehead atoms. The van der Waals surface area contributed by atoms with Gasteiger partial charge in [0.1, 0.15) is 11.5 Å². The van der Waals surface area contributed by atoms with Crippen molar-refractivity contribution in [2.75, 3.05) is 11.4 Å². The smallest absolute Gasteiger partial charge is 0.229 e. The van der Waals surface area contributed by atoms with Gasteiger partial charge >= 0.3 is 0 Å².